The van der Waals surface area contributed by atoms with Crippen LogP contribution < -0.4 is 11.1 Å². The summed E-state index contributed by atoms with van der Waals surface area (Å²) in [5, 5.41) is 3.51. The van der Waals surface area contributed by atoms with Crippen LogP contribution in [-0.4, -0.2) is 10.5 Å². The summed E-state index contributed by atoms with van der Waals surface area (Å²) in [7, 11) is 1.65. The summed E-state index contributed by atoms with van der Waals surface area (Å²) in [5.74, 6) is -0.475. The number of halogens is 1. The van der Waals surface area contributed by atoms with Crippen molar-refractivity contribution in [3.63, 3.8) is 0 Å². The van der Waals surface area contributed by atoms with Crippen molar-refractivity contribution in [2.45, 2.75) is 13.0 Å². The predicted molar refractivity (Wildman–Crippen MR) is 88.5 cm³/mol. The number of oxazole rings is 1. The number of nitrogens with zero attached hydrogens (tertiary/aromatic N) is 1. The van der Waals surface area contributed by atoms with E-state index in [0.29, 0.717) is 29.1 Å². The minimum atomic E-state index is -0.399. The maximum absolute atomic E-state index is 12.0. The van der Waals surface area contributed by atoms with Gasteiger partial charge < -0.3 is 9.73 Å². The van der Waals surface area contributed by atoms with Crippen LogP contribution >= 0.6 is 11.6 Å². The molecule has 1 heterocycles. The van der Waals surface area contributed by atoms with Crippen LogP contribution in [0.5, 0.6) is 0 Å². The first-order valence-corrected chi connectivity index (χ1v) is 7.50. The largest absolute Gasteiger partial charge is 0.419 e. The van der Waals surface area contributed by atoms with Crippen molar-refractivity contribution in [1.82, 2.24) is 9.88 Å². The lowest BCUT2D eigenvalue weighted by Gasteiger charge is -2.06. The number of rotatable bonds is 4. The van der Waals surface area contributed by atoms with Gasteiger partial charge in [-0.2, -0.15) is 0 Å². The average Bonchev–Trinajstić information content (AvgIpc) is 2.82. The van der Waals surface area contributed by atoms with Crippen LogP contribution in [0.15, 0.2) is 51.7 Å². The van der Waals surface area contributed by atoms with Gasteiger partial charge in [0.05, 0.1) is 11.9 Å². The Bertz CT molecular complexity index is 910. The molecule has 0 spiro atoms. The van der Waals surface area contributed by atoms with E-state index in [1.807, 2.05) is 24.3 Å². The van der Waals surface area contributed by atoms with Crippen molar-refractivity contribution in [3.05, 3.63) is 69.2 Å². The highest BCUT2D eigenvalue weighted by Gasteiger charge is 2.08. The van der Waals surface area contributed by atoms with Crippen LogP contribution in [-0.2, 0) is 24.8 Å². The molecule has 0 aliphatic carbocycles. The molecule has 3 rings (SSSR count). The van der Waals surface area contributed by atoms with E-state index < -0.39 is 5.76 Å². The van der Waals surface area contributed by atoms with E-state index in [2.05, 4.69) is 5.32 Å². The van der Waals surface area contributed by atoms with E-state index >= 15 is 0 Å². The minimum Gasteiger partial charge on any atom is -0.408 e. The lowest BCUT2D eigenvalue weighted by molar-refractivity contribution is -0.120. The maximum Gasteiger partial charge on any atom is 0.419 e. The van der Waals surface area contributed by atoms with Crippen molar-refractivity contribution in [1.29, 1.82) is 0 Å². The normalized spacial score (nSPS) is 10.9. The molecule has 0 unspecified atom stereocenters. The number of amides is 1. The van der Waals surface area contributed by atoms with Gasteiger partial charge in [0.25, 0.3) is 0 Å². The van der Waals surface area contributed by atoms with E-state index in [0.717, 1.165) is 11.1 Å². The topological polar surface area (TPSA) is 64.2 Å². The molecule has 0 aliphatic heterocycles. The average molecular weight is 331 g/mol. The van der Waals surface area contributed by atoms with Crippen molar-refractivity contribution in [2.75, 3.05) is 0 Å². The Morgan fingerprint density at radius 1 is 1.17 bits per heavy atom. The van der Waals surface area contributed by atoms with Gasteiger partial charge in [-0.3, -0.25) is 9.36 Å². The summed E-state index contributed by atoms with van der Waals surface area (Å²) >= 11 is 5.82. The molecule has 5 nitrogen and oxygen atoms in total. The highest BCUT2D eigenvalue weighted by atomic mass is 35.5. The van der Waals surface area contributed by atoms with Crippen molar-refractivity contribution < 1.29 is 9.21 Å². The molecule has 1 amide bonds. The fourth-order valence-corrected chi connectivity index (χ4v) is 2.46. The first kappa shape index (κ1) is 15.4. The monoisotopic (exact) mass is 330 g/mol. The highest BCUT2D eigenvalue weighted by molar-refractivity contribution is 6.30. The van der Waals surface area contributed by atoms with Crippen LogP contribution in [0.1, 0.15) is 11.1 Å². The number of hydrogen-bond donors (Lipinski definition) is 1. The Morgan fingerprint density at radius 3 is 2.61 bits per heavy atom. The van der Waals surface area contributed by atoms with Crippen molar-refractivity contribution >= 4 is 28.6 Å². The molecule has 0 fully saturated rings. The lowest BCUT2D eigenvalue weighted by Crippen LogP contribution is -2.24. The SMILES string of the molecule is Cn1c(=O)oc2ccc(CNC(=O)Cc3ccc(Cl)cc3)cc21. The zero-order valence-electron chi connectivity index (χ0n) is 12.5. The van der Waals surface area contributed by atoms with Gasteiger partial charge in [0, 0.05) is 18.6 Å². The summed E-state index contributed by atoms with van der Waals surface area (Å²) in [6.07, 6.45) is 0.295. The van der Waals surface area contributed by atoms with Crippen LogP contribution in [0, 0.1) is 0 Å². The van der Waals surface area contributed by atoms with E-state index in [1.165, 1.54) is 4.57 Å². The second-order valence-corrected chi connectivity index (χ2v) is 5.75. The summed E-state index contributed by atoms with van der Waals surface area (Å²) < 4.78 is 6.52. The molecule has 1 N–H and O–H groups in total. The van der Waals surface area contributed by atoms with Gasteiger partial charge in [-0.25, -0.2) is 4.79 Å². The fourth-order valence-electron chi connectivity index (χ4n) is 2.33. The first-order chi connectivity index (χ1) is 11.0. The first-order valence-electron chi connectivity index (χ1n) is 7.12. The van der Waals surface area contributed by atoms with Gasteiger partial charge >= 0.3 is 5.76 Å². The standard InChI is InChI=1S/C17H15ClN2O3/c1-20-14-8-12(4-7-15(14)23-17(20)22)10-19-16(21)9-11-2-5-13(18)6-3-11/h2-8H,9-10H2,1H3,(H,19,21). The molecule has 0 radical (unpaired) electrons. The molecule has 1 aromatic heterocycles. The predicted octanol–water partition coefficient (Wildman–Crippen LogP) is 2.64. The zero-order chi connectivity index (χ0) is 16.4. The highest BCUT2D eigenvalue weighted by Crippen LogP contribution is 2.14. The zero-order valence-corrected chi connectivity index (χ0v) is 13.3. The summed E-state index contributed by atoms with van der Waals surface area (Å²) in [4.78, 5) is 23.4. The molecule has 3 aromatic rings. The third-order valence-electron chi connectivity index (χ3n) is 3.62. The van der Waals surface area contributed by atoms with E-state index in [9.17, 15) is 9.59 Å². The van der Waals surface area contributed by atoms with Gasteiger partial charge in [0.2, 0.25) is 5.91 Å². The van der Waals surface area contributed by atoms with Crippen molar-refractivity contribution in [3.8, 4) is 0 Å². The van der Waals surface area contributed by atoms with Crippen LogP contribution in [0.25, 0.3) is 11.1 Å². The fraction of sp³-hybridized carbons (Fsp3) is 0.176. The number of nitrogens with one attached hydrogen (secondary N) is 1. The molecule has 0 saturated carbocycles. The van der Waals surface area contributed by atoms with Gasteiger partial charge in [-0.05, 0) is 35.4 Å². The summed E-state index contributed by atoms with van der Waals surface area (Å²) in [5.41, 5.74) is 3.05. The number of aryl methyl sites for hydroxylation is 1. The number of carbonyl (C=O) groups is 1. The van der Waals surface area contributed by atoms with Crippen LogP contribution in [0.3, 0.4) is 0 Å². The molecule has 118 valence electrons. The molecule has 6 heteroatoms. The Labute approximate surface area is 137 Å². The lowest BCUT2D eigenvalue weighted by atomic mass is 10.1. The minimum absolute atomic E-state index is 0.0755. The second kappa shape index (κ2) is 6.30. The molecule has 0 saturated heterocycles. The Balaban J connectivity index is 1.65. The number of fused-ring (bicyclic) bond motifs is 1. The molecule has 0 atom stereocenters. The third kappa shape index (κ3) is 3.46. The van der Waals surface area contributed by atoms with Gasteiger partial charge in [-0.15, -0.1) is 0 Å². The molecule has 23 heavy (non-hydrogen) atoms. The molecule has 0 aliphatic rings. The number of hydrogen-bond acceptors (Lipinski definition) is 3. The smallest absolute Gasteiger partial charge is 0.408 e. The second-order valence-electron chi connectivity index (χ2n) is 5.31. The van der Waals surface area contributed by atoms with Crippen LogP contribution in [0.2, 0.25) is 5.02 Å². The van der Waals surface area contributed by atoms with E-state index in [1.54, 1.807) is 25.2 Å². The molecular weight excluding hydrogens is 316 g/mol. The van der Waals surface area contributed by atoms with E-state index in [4.69, 9.17) is 16.0 Å². The van der Waals surface area contributed by atoms with E-state index in [-0.39, 0.29) is 5.91 Å². The van der Waals surface area contributed by atoms with Gasteiger partial charge in [0.15, 0.2) is 5.58 Å². The third-order valence-corrected chi connectivity index (χ3v) is 3.88. The molecule has 0 bridgehead atoms. The summed E-state index contributed by atoms with van der Waals surface area (Å²) in [6, 6.07) is 12.6. The number of carbonyl (C=O) groups excluding carboxylic acids is 1. The number of aromatic nitrogens is 1. The molecular formula is C17H15ClN2O3. The van der Waals surface area contributed by atoms with Gasteiger partial charge in [0.1, 0.15) is 0 Å². The Morgan fingerprint density at radius 2 is 1.87 bits per heavy atom. The summed E-state index contributed by atoms with van der Waals surface area (Å²) in [6.45, 7) is 0.391. The Hall–Kier alpha value is -2.53. The molecule has 2 aromatic carbocycles. The van der Waals surface area contributed by atoms with Gasteiger partial charge in [-0.1, -0.05) is 29.8 Å². The van der Waals surface area contributed by atoms with Crippen LogP contribution in [0.4, 0.5) is 0 Å². The Kier molecular flexibility index (Phi) is 4.21. The maximum atomic E-state index is 12.0. The van der Waals surface area contributed by atoms with Crippen molar-refractivity contribution in [2.24, 2.45) is 7.05 Å². The quantitative estimate of drug-likeness (QED) is 0.800. The number of benzene rings is 2.